The van der Waals surface area contributed by atoms with Gasteiger partial charge in [-0.25, -0.2) is 4.79 Å². The predicted molar refractivity (Wildman–Crippen MR) is 48.9 cm³/mol. The summed E-state index contributed by atoms with van der Waals surface area (Å²) in [5.41, 5.74) is 2.04. The normalized spacial score (nSPS) is 10.0. The van der Waals surface area contributed by atoms with Crippen molar-refractivity contribution in [1.29, 1.82) is 0 Å². The summed E-state index contributed by atoms with van der Waals surface area (Å²) in [6.45, 7) is 2.24. The molecule has 0 saturated carbocycles. The average Bonchev–Trinajstić information content (AvgIpc) is 2.08. The SMILES string of the molecule is COCc1cccc(C(=O)O)c1C. The second-order valence-electron chi connectivity index (χ2n) is 2.83. The second kappa shape index (κ2) is 4.05. The van der Waals surface area contributed by atoms with Crippen molar-refractivity contribution in [2.45, 2.75) is 13.5 Å². The molecule has 0 aliphatic heterocycles. The van der Waals surface area contributed by atoms with Crippen molar-refractivity contribution in [2.75, 3.05) is 7.11 Å². The zero-order valence-electron chi connectivity index (χ0n) is 7.70. The number of ether oxygens (including phenoxy) is 1. The smallest absolute Gasteiger partial charge is 0.335 e. The molecule has 3 nitrogen and oxygen atoms in total. The largest absolute Gasteiger partial charge is 0.478 e. The van der Waals surface area contributed by atoms with Gasteiger partial charge in [0.25, 0.3) is 0 Å². The fourth-order valence-corrected chi connectivity index (χ4v) is 1.23. The van der Waals surface area contributed by atoms with Crippen LogP contribution >= 0.6 is 0 Å². The molecule has 1 N–H and O–H groups in total. The Morgan fingerprint density at radius 2 is 2.23 bits per heavy atom. The highest BCUT2D eigenvalue weighted by Crippen LogP contribution is 2.14. The number of hydrogen-bond acceptors (Lipinski definition) is 2. The molecule has 0 aliphatic carbocycles. The first-order valence-electron chi connectivity index (χ1n) is 3.97. The van der Waals surface area contributed by atoms with Crippen molar-refractivity contribution in [1.82, 2.24) is 0 Å². The lowest BCUT2D eigenvalue weighted by molar-refractivity contribution is 0.0695. The fourth-order valence-electron chi connectivity index (χ4n) is 1.23. The van der Waals surface area contributed by atoms with Gasteiger partial charge in [0.15, 0.2) is 0 Å². The molecule has 3 heteroatoms. The number of hydrogen-bond donors (Lipinski definition) is 1. The quantitative estimate of drug-likeness (QED) is 0.772. The lowest BCUT2D eigenvalue weighted by atomic mass is 10.0. The van der Waals surface area contributed by atoms with Crippen LogP contribution in [0.15, 0.2) is 18.2 Å². The molecule has 0 heterocycles. The lowest BCUT2D eigenvalue weighted by Crippen LogP contribution is -2.02. The van der Waals surface area contributed by atoms with E-state index in [4.69, 9.17) is 9.84 Å². The van der Waals surface area contributed by atoms with Gasteiger partial charge in [-0.3, -0.25) is 0 Å². The standard InChI is InChI=1S/C10H12O3/c1-7-8(6-13-2)4-3-5-9(7)10(11)12/h3-5H,6H2,1-2H3,(H,11,12). The summed E-state index contributed by atoms with van der Waals surface area (Å²) in [5.74, 6) is -0.893. The number of carbonyl (C=O) groups is 1. The zero-order chi connectivity index (χ0) is 9.84. The third-order valence-electron chi connectivity index (χ3n) is 1.98. The molecule has 1 aromatic carbocycles. The first-order valence-corrected chi connectivity index (χ1v) is 3.97. The van der Waals surface area contributed by atoms with Gasteiger partial charge in [0.2, 0.25) is 0 Å². The minimum atomic E-state index is -0.893. The molecule has 0 fully saturated rings. The number of aromatic carboxylic acids is 1. The van der Waals surface area contributed by atoms with E-state index in [1.54, 1.807) is 26.2 Å². The van der Waals surface area contributed by atoms with E-state index < -0.39 is 5.97 Å². The highest BCUT2D eigenvalue weighted by Gasteiger charge is 2.08. The molecule has 0 atom stereocenters. The van der Waals surface area contributed by atoms with Crippen LogP contribution in [0.3, 0.4) is 0 Å². The van der Waals surface area contributed by atoms with E-state index in [9.17, 15) is 4.79 Å². The molecule has 1 aromatic rings. The van der Waals surface area contributed by atoms with E-state index in [0.717, 1.165) is 11.1 Å². The van der Waals surface area contributed by atoms with E-state index in [1.165, 1.54) is 0 Å². The lowest BCUT2D eigenvalue weighted by Gasteiger charge is -2.06. The molecule has 0 saturated heterocycles. The summed E-state index contributed by atoms with van der Waals surface area (Å²) < 4.78 is 4.95. The minimum absolute atomic E-state index is 0.342. The van der Waals surface area contributed by atoms with Gasteiger partial charge in [-0.05, 0) is 24.1 Å². The molecule has 1 rings (SSSR count). The van der Waals surface area contributed by atoms with Gasteiger partial charge in [0.05, 0.1) is 12.2 Å². The van der Waals surface area contributed by atoms with Gasteiger partial charge in [-0.1, -0.05) is 12.1 Å². The first-order chi connectivity index (χ1) is 6.16. The van der Waals surface area contributed by atoms with Crippen LogP contribution in [0, 0.1) is 6.92 Å². The van der Waals surface area contributed by atoms with Crippen LogP contribution < -0.4 is 0 Å². The molecule has 0 bridgehead atoms. The number of carboxylic acid groups (broad SMARTS) is 1. The molecule has 70 valence electrons. The Morgan fingerprint density at radius 3 is 2.77 bits per heavy atom. The van der Waals surface area contributed by atoms with Crippen LogP contribution in [0.5, 0.6) is 0 Å². The van der Waals surface area contributed by atoms with Crippen LogP contribution in [-0.2, 0) is 11.3 Å². The Balaban J connectivity index is 3.10. The average molecular weight is 180 g/mol. The third kappa shape index (κ3) is 2.06. The molecular formula is C10H12O3. The van der Waals surface area contributed by atoms with Crippen molar-refractivity contribution in [3.05, 3.63) is 34.9 Å². The summed E-state index contributed by atoms with van der Waals surface area (Å²) in [7, 11) is 1.59. The maximum absolute atomic E-state index is 10.7. The highest BCUT2D eigenvalue weighted by molar-refractivity contribution is 5.89. The zero-order valence-corrected chi connectivity index (χ0v) is 7.70. The van der Waals surface area contributed by atoms with Crippen molar-refractivity contribution in [2.24, 2.45) is 0 Å². The molecule has 0 unspecified atom stereocenters. The number of rotatable bonds is 3. The maximum Gasteiger partial charge on any atom is 0.335 e. The number of methoxy groups -OCH3 is 1. The molecule has 0 aliphatic rings. The van der Waals surface area contributed by atoms with Gasteiger partial charge in [-0.15, -0.1) is 0 Å². The van der Waals surface area contributed by atoms with Gasteiger partial charge in [0.1, 0.15) is 0 Å². The second-order valence-corrected chi connectivity index (χ2v) is 2.83. The van der Waals surface area contributed by atoms with Crippen molar-refractivity contribution in [3.8, 4) is 0 Å². The van der Waals surface area contributed by atoms with Gasteiger partial charge in [0, 0.05) is 7.11 Å². The highest BCUT2D eigenvalue weighted by atomic mass is 16.5. The van der Waals surface area contributed by atoms with Crippen LogP contribution in [0.2, 0.25) is 0 Å². The summed E-state index contributed by atoms with van der Waals surface area (Å²) in [5, 5.41) is 8.82. The maximum atomic E-state index is 10.7. The van der Waals surface area contributed by atoms with Crippen LogP contribution in [-0.4, -0.2) is 18.2 Å². The Morgan fingerprint density at radius 1 is 1.54 bits per heavy atom. The Bertz CT molecular complexity index is 318. The van der Waals surface area contributed by atoms with Crippen LogP contribution in [0.25, 0.3) is 0 Å². The Labute approximate surface area is 77.0 Å². The molecular weight excluding hydrogens is 168 g/mol. The summed E-state index contributed by atoms with van der Waals surface area (Å²) >= 11 is 0. The minimum Gasteiger partial charge on any atom is -0.478 e. The molecule has 13 heavy (non-hydrogen) atoms. The molecule has 0 amide bonds. The first kappa shape index (κ1) is 9.74. The van der Waals surface area contributed by atoms with Gasteiger partial charge < -0.3 is 9.84 Å². The van der Waals surface area contributed by atoms with Gasteiger partial charge >= 0.3 is 5.97 Å². The number of carboxylic acids is 1. The third-order valence-corrected chi connectivity index (χ3v) is 1.98. The topological polar surface area (TPSA) is 46.5 Å². The monoisotopic (exact) mass is 180 g/mol. The molecule has 0 radical (unpaired) electrons. The van der Waals surface area contributed by atoms with E-state index in [1.807, 2.05) is 6.07 Å². The van der Waals surface area contributed by atoms with Crippen molar-refractivity contribution < 1.29 is 14.6 Å². The van der Waals surface area contributed by atoms with Crippen LogP contribution in [0.4, 0.5) is 0 Å². The van der Waals surface area contributed by atoms with Crippen molar-refractivity contribution >= 4 is 5.97 Å². The Hall–Kier alpha value is -1.35. The summed E-state index contributed by atoms with van der Waals surface area (Å²) in [6.07, 6.45) is 0. The van der Waals surface area contributed by atoms with Crippen molar-refractivity contribution in [3.63, 3.8) is 0 Å². The van der Waals surface area contributed by atoms with E-state index in [0.29, 0.717) is 12.2 Å². The fraction of sp³-hybridized carbons (Fsp3) is 0.300. The summed E-state index contributed by atoms with van der Waals surface area (Å²) in [6, 6.07) is 5.19. The molecule has 0 spiro atoms. The molecule has 0 aromatic heterocycles. The van der Waals surface area contributed by atoms with Crippen LogP contribution in [0.1, 0.15) is 21.5 Å². The van der Waals surface area contributed by atoms with E-state index in [2.05, 4.69) is 0 Å². The van der Waals surface area contributed by atoms with E-state index >= 15 is 0 Å². The number of benzene rings is 1. The Kier molecular flexibility index (Phi) is 3.03. The predicted octanol–water partition coefficient (Wildman–Crippen LogP) is 1.84. The summed E-state index contributed by atoms with van der Waals surface area (Å²) in [4.78, 5) is 10.7. The van der Waals surface area contributed by atoms with E-state index in [-0.39, 0.29) is 0 Å². The van der Waals surface area contributed by atoms with Gasteiger partial charge in [-0.2, -0.15) is 0 Å².